The third kappa shape index (κ3) is 1.07. The van der Waals surface area contributed by atoms with Gasteiger partial charge in [-0.05, 0) is 23.5 Å². The number of carbonyl (C=O) groups is 1. The van der Waals surface area contributed by atoms with Gasteiger partial charge in [0.05, 0.1) is 6.61 Å². The molecule has 1 aromatic carbocycles. The minimum atomic E-state index is 0.241. The summed E-state index contributed by atoms with van der Waals surface area (Å²) in [7, 11) is 0. The Morgan fingerprint density at radius 2 is 2.36 bits per heavy atom. The first kappa shape index (κ1) is 8.04. The zero-order valence-corrected chi connectivity index (χ0v) is 7.90. The van der Waals surface area contributed by atoms with E-state index in [0.29, 0.717) is 5.92 Å². The van der Waals surface area contributed by atoms with Crippen LogP contribution in [0.2, 0.25) is 0 Å². The van der Waals surface area contributed by atoms with Crippen molar-refractivity contribution in [1.29, 1.82) is 0 Å². The predicted molar refractivity (Wildman–Crippen MR) is 52.6 cm³/mol. The summed E-state index contributed by atoms with van der Waals surface area (Å²) in [6.07, 6.45) is 3.09. The lowest BCUT2D eigenvalue weighted by Gasteiger charge is -2.05. The second-order valence-electron chi connectivity index (χ2n) is 4.08. The van der Waals surface area contributed by atoms with Crippen molar-refractivity contribution in [3.05, 3.63) is 29.3 Å². The molecule has 72 valence electrons. The summed E-state index contributed by atoms with van der Waals surface area (Å²) >= 11 is 0. The molecule has 0 N–H and O–H groups in total. The minimum absolute atomic E-state index is 0.241. The average Bonchev–Trinajstić information content (AvgIpc) is 2.85. The van der Waals surface area contributed by atoms with Gasteiger partial charge < -0.3 is 9.53 Å². The molecule has 0 aromatic heterocycles. The fourth-order valence-electron chi connectivity index (χ4n) is 2.26. The van der Waals surface area contributed by atoms with Crippen LogP contribution in [-0.4, -0.2) is 12.9 Å². The van der Waals surface area contributed by atoms with Crippen molar-refractivity contribution in [1.82, 2.24) is 0 Å². The van der Waals surface area contributed by atoms with Gasteiger partial charge in [-0.25, -0.2) is 0 Å². The van der Waals surface area contributed by atoms with Crippen LogP contribution < -0.4 is 4.74 Å². The van der Waals surface area contributed by atoms with Gasteiger partial charge in [-0.2, -0.15) is 0 Å². The Morgan fingerprint density at radius 1 is 1.43 bits per heavy atom. The summed E-state index contributed by atoms with van der Waals surface area (Å²) in [5.74, 6) is 1.73. The molecule has 1 aliphatic carbocycles. The van der Waals surface area contributed by atoms with Crippen molar-refractivity contribution >= 4 is 6.29 Å². The Labute approximate surface area is 82.9 Å². The Kier molecular flexibility index (Phi) is 1.63. The first-order valence-corrected chi connectivity index (χ1v) is 5.10. The summed E-state index contributed by atoms with van der Waals surface area (Å²) < 4.78 is 5.61. The molecule has 1 saturated carbocycles. The van der Waals surface area contributed by atoms with Crippen molar-refractivity contribution in [2.24, 2.45) is 5.92 Å². The highest BCUT2D eigenvalue weighted by Gasteiger charge is 2.40. The van der Waals surface area contributed by atoms with Crippen LogP contribution in [0.1, 0.15) is 23.5 Å². The van der Waals surface area contributed by atoms with E-state index in [4.69, 9.17) is 4.74 Å². The second-order valence-corrected chi connectivity index (χ2v) is 4.08. The molecule has 14 heavy (non-hydrogen) atoms. The Bertz CT molecular complexity index is 384. The number of hydrogen-bond donors (Lipinski definition) is 0. The van der Waals surface area contributed by atoms with Crippen molar-refractivity contribution in [2.45, 2.75) is 18.8 Å². The molecule has 2 atom stereocenters. The highest BCUT2D eigenvalue weighted by molar-refractivity contribution is 5.63. The molecule has 2 aliphatic rings. The summed E-state index contributed by atoms with van der Waals surface area (Å²) in [4.78, 5) is 10.6. The fourth-order valence-corrected chi connectivity index (χ4v) is 2.26. The van der Waals surface area contributed by atoms with Crippen molar-refractivity contribution in [3.8, 4) is 5.75 Å². The van der Waals surface area contributed by atoms with E-state index >= 15 is 0 Å². The summed E-state index contributed by atoms with van der Waals surface area (Å²) in [6.45, 7) is 0.796. The molecule has 2 unspecified atom stereocenters. The van der Waals surface area contributed by atoms with Crippen molar-refractivity contribution in [3.63, 3.8) is 0 Å². The standard InChI is InChI=1S/C12H12O2/c13-7-9-6-11(9)10-3-1-2-8-4-5-14-12(8)10/h1-3,7,9,11H,4-6H2. The normalized spacial score (nSPS) is 28.0. The first-order valence-electron chi connectivity index (χ1n) is 5.10. The smallest absolute Gasteiger partial charge is 0.126 e. The van der Waals surface area contributed by atoms with Gasteiger partial charge in [0.1, 0.15) is 12.0 Å². The monoisotopic (exact) mass is 188 g/mol. The van der Waals surface area contributed by atoms with Crippen molar-refractivity contribution < 1.29 is 9.53 Å². The number of para-hydroxylation sites is 1. The first-order chi connectivity index (χ1) is 6.90. The number of aldehydes is 1. The molecule has 1 fully saturated rings. The van der Waals surface area contributed by atoms with Crippen LogP contribution >= 0.6 is 0 Å². The Morgan fingerprint density at radius 3 is 3.14 bits per heavy atom. The summed E-state index contributed by atoms with van der Waals surface area (Å²) in [5, 5.41) is 0. The van der Waals surface area contributed by atoms with Gasteiger partial charge in [0, 0.05) is 12.3 Å². The predicted octanol–water partition coefficient (Wildman–Crippen LogP) is 1.92. The zero-order valence-electron chi connectivity index (χ0n) is 7.90. The maximum Gasteiger partial charge on any atom is 0.126 e. The zero-order chi connectivity index (χ0) is 9.54. The number of carbonyl (C=O) groups excluding carboxylic acids is 1. The van der Waals surface area contributed by atoms with Gasteiger partial charge in [-0.15, -0.1) is 0 Å². The molecular formula is C12H12O2. The van der Waals surface area contributed by atoms with Crippen LogP contribution in [-0.2, 0) is 11.2 Å². The molecule has 0 spiro atoms. The molecule has 0 radical (unpaired) electrons. The van der Waals surface area contributed by atoms with Gasteiger partial charge in [-0.3, -0.25) is 0 Å². The van der Waals surface area contributed by atoms with E-state index in [2.05, 4.69) is 18.2 Å². The van der Waals surface area contributed by atoms with Crippen LogP contribution in [0.3, 0.4) is 0 Å². The number of benzene rings is 1. The lowest BCUT2D eigenvalue weighted by molar-refractivity contribution is -0.108. The van der Waals surface area contributed by atoms with Crippen LogP contribution in [0.15, 0.2) is 18.2 Å². The van der Waals surface area contributed by atoms with Gasteiger partial charge in [0.2, 0.25) is 0 Å². The molecule has 0 amide bonds. The lowest BCUT2D eigenvalue weighted by Crippen LogP contribution is -1.91. The second kappa shape index (κ2) is 2.84. The van der Waals surface area contributed by atoms with Crippen LogP contribution in [0.25, 0.3) is 0 Å². The van der Waals surface area contributed by atoms with Gasteiger partial charge in [-0.1, -0.05) is 18.2 Å². The molecule has 2 heteroatoms. The molecule has 3 rings (SSSR count). The maximum absolute atomic E-state index is 10.6. The number of rotatable bonds is 2. The lowest BCUT2D eigenvalue weighted by atomic mass is 10.0. The van der Waals surface area contributed by atoms with Crippen LogP contribution in [0, 0.1) is 5.92 Å². The molecular weight excluding hydrogens is 176 g/mol. The number of ether oxygens (including phenoxy) is 1. The van der Waals surface area contributed by atoms with Crippen LogP contribution in [0.5, 0.6) is 5.75 Å². The van der Waals surface area contributed by atoms with E-state index in [0.717, 1.165) is 31.5 Å². The summed E-state index contributed by atoms with van der Waals surface area (Å²) in [5.41, 5.74) is 2.55. The molecule has 0 saturated heterocycles. The van der Waals surface area contributed by atoms with Gasteiger partial charge in [0.15, 0.2) is 0 Å². The molecule has 1 aromatic rings. The average molecular weight is 188 g/mol. The Balaban J connectivity index is 1.99. The SMILES string of the molecule is O=CC1CC1c1cccc2c1OCC2. The fraction of sp³-hybridized carbons (Fsp3) is 0.417. The van der Waals surface area contributed by atoms with Crippen LogP contribution in [0.4, 0.5) is 0 Å². The van der Waals surface area contributed by atoms with E-state index in [1.54, 1.807) is 0 Å². The van der Waals surface area contributed by atoms with E-state index in [-0.39, 0.29) is 5.92 Å². The molecule has 1 heterocycles. The Hall–Kier alpha value is -1.31. The maximum atomic E-state index is 10.6. The van der Waals surface area contributed by atoms with E-state index < -0.39 is 0 Å². The van der Waals surface area contributed by atoms with E-state index in [1.165, 1.54) is 11.1 Å². The van der Waals surface area contributed by atoms with E-state index in [9.17, 15) is 4.79 Å². The quantitative estimate of drug-likeness (QED) is 0.663. The van der Waals surface area contributed by atoms with Gasteiger partial charge >= 0.3 is 0 Å². The third-order valence-electron chi connectivity index (χ3n) is 3.16. The molecule has 0 bridgehead atoms. The highest BCUT2D eigenvalue weighted by Crippen LogP contribution is 2.50. The largest absolute Gasteiger partial charge is 0.493 e. The topological polar surface area (TPSA) is 26.3 Å². The third-order valence-corrected chi connectivity index (χ3v) is 3.16. The highest BCUT2D eigenvalue weighted by atomic mass is 16.5. The minimum Gasteiger partial charge on any atom is -0.493 e. The van der Waals surface area contributed by atoms with Crippen molar-refractivity contribution in [2.75, 3.05) is 6.61 Å². The number of fused-ring (bicyclic) bond motifs is 1. The summed E-state index contributed by atoms with van der Waals surface area (Å²) in [6, 6.07) is 6.28. The molecule has 1 aliphatic heterocycles. The van der Waals surface area contributed by atoms with Gasteiger partial charge in [0.25, 0.3) is 0 Å². The number of hydrogen-bond acceptors (Lipinski definition) is 2. The van der Waals surface area contributed by atoms with E-state index in [1.807, 2.05) is 0 Å². The molecule has 2 nitrogen and oxygen atoms in total.